The Balaban J connectivity index is 1.94. The van der Waals surface area contributed by atoms with Crippen LogP contribution in [0, 0.1) is 5.82 Å². The second kappa shape index (κ2) is 3.82. The fourth-order valence-electron chi connectivity index (χ4n) is 2.09. The molecule has 0 N–H and O–H groups in total. The molecule has 1 aromatic rings. The van der Waals surface area contributed by atoms with Crippen molar-refractivity contribution in [1.29, 1.82) is 0 Å². The molecule has 0 bridgehead atoms. The summed E-state index contributed by atoms with van der Waals surface area (Å²) >= 11 is 3.32. The molecule has 0 aromatic heterocycles. The van der Waals surface area contributed by atoms with E-state index in [0.29, 0.717) is 0 Å². The van der Waals surface area contributed by atoms with Crippen molar-refractivity contribution in [3.8, 4) is 0 Å². The predicted molar refractivity (Wildman–Crippen MR) is 66.7 cm³/mol. The first-order valence-corrected chi connectivity index (χ1v) is 7.76. The summed E-state index contributed by atoms with van der Waals surface area (Å²) in [4.78, 5) is 0. The first-order valence-electron chi connectivity index (χ1n) is 5.49. The molecule has 3 rings (SSSR count). The molecule has 0 unspecified atom stereocenters. The van der Waals surface area contributed by atoms with Crippen molar-refractivity contribution in [3.05, 3.63) is 28.5 Å². The summed E-state index contributed by atoms with van der Waals surface area (Å²) in [6.45, 7) is 0. The highest BCUT2D eigenvalue weighted by Crippen LogP contribution is 2.63. The fraction of sp³-hybridized carbons (Fsp3) is 0.500. The van der Waals surface area contributed by atoms with E-state index in [1.165, 1.54) is 25.7 Å². The third kappa shape index (κ3) is 2.12. The molecular weight excluding hydrogens is 274 g/mol. The zero-order valence-corrected chi connectivity index (χ0v) is 10.9. The van der Waals surface area contributed by atoms with Gasteiger partial charge in [0.15, 0.2) is 0 Å². The van der Waals surface area contributed by atoms with E-state index in [9.17, 15) is 4.39 Å². The summed E-state index contributed by atoms with van der Waals surface area (Å²) in [6, 6.07) is 5.61. The number of halogens is 2. The van der Waals surface area contributed by atoms with Crippen LogP contribution >= 0.6 is 23.9 Å². The maximum Gasteiger partial charge on any atom is 0.132 e. The fourth-order valence-corrected chi connectivity index (χ4v) is 5.77. The molecule has 0 spiro atoms. The van der Waals surface area contributed by atoms with E-state index in [-0.39, 0.29) is 13.7 Å². The van der Waals surface area contributed by atoms with Gasteiger partial charge in [0.2, 0.25) is 0 Å². The molecule has 2 aliphatic carbocycles. The highest BCUT2D eigenvalue weighted by atomic mass is 79.9. The van der Waals surface area contributed by atoms with Gasteiger partial charge in [0.05, 0.1) is 0 Å². The van der Waals surface area contributed by atoms with Crippen molar-refractivity contribution in [3.63, 3.8) is 0 Å². The number of hydrogen-bond acceptors (Lipinski definition) is 0. The quantitative estimate of drug-likeness (QED) is 0.737. The summed E-state index contributed by atoms with van der Waals surface area (Å²) in [5.74, 6) is 0.00860. The number of rotatable bonds is 3. The minimum atomic E-state index is -0.181. The van der Waals surface area contributed by atoms with E-state index in [1.54, 1.807) is 6.07 Å². The van der Waals surface area contributed by atoms with Crippen molar-refractivity contribution in [2.24, 2.45) is 0 Å². The summed E-state index contributed by atoms with van der Waals surface area (Å²) in [7, 11) is -0.181. The van der Waals surface area contributed by atoms with Crippen LogP contribution in [0.25, 0.3) is 0 Å². The Kier molecular flexibility index (Phi) is 2.60. The molecule has 0 saturated heterocycles. The van der Waals surface area contributed by atoms with Gasteiger partial charge in [-0.2, -0.15) is 0 Å². The van der Waals surface area contributed by atoms with E-state index in [2.05, 4.69) is 15.9 Å². The third-order valence-corrected chi connectivity index (χ3v) is 7.09. The minimum absolute atomic E-state index is 0.00860. The summed E-state index contributed by atoms with van der Waals surface area (Å²) < 4.78 is 14.7. The van der Waals surface area contributed by atoms with Gasteiger partial charge >= 0.3 is 0 Å². The van der Waals surface area contributed by atoms with Crippen LogP contribution in [0.3, 0.4) is 0 Å². The van der Waals surface area contributed by atoms with Crippen molar-refractivity contribution >= 4 is 29.2 Å². The molecule has 0 heterocycles. The molecule has 2 fully saturated rings. The second-order valence-corrected chi connectivity index (χ2v) is 8.14. The van der Waals surface area contributed by atoms with Crippen LogP contribution in [0.2, 0.25) is 0 Å². The summed E-state index contributed by atoms with van der Waals surface area (Å²) in [6.07, 6.45) is 5.32. The van der Waals surface area contributed by atoms with Crippen LogP contribution in [0.1, 0.15) is 25.7 Å². The van der Waals surface area contributed by atoms with Gasteiger partial charge in [0.25, 0.3) is 0 Å². The molecule has 2 aliphatic rings. The van der Waals surface area contributed by atoms with E-state index >= 15 is 0 Å². The first kappa shape index (κ1) is 10.2. The SMILES string of the molecule is Fc1cc(Br)ccc1P(C1CC1)C1CC1. The molecule has 0 radical (unpaired) electrons. The first-order chi connectivity index (χ1) is 7.25. The predicted octanol–water partition coefficient (Wildman–Crippen LogP) is 4.02. The van der Waals surface area contributed by atoms with Crippen molar-refractivity contribution < 1.29 is 4.39 Å². The lowest BCUT2D eigenvalue weighted by atomic mass is 10.3. The normalized spacial score (nSPS) is 21.0. The largest absolute Gasteiger partial charge is 0.206 e. The standard InChI is InChI=1S/C12H13BrFP/c13-8-1-6-12(11(14)7-8)15(9-2-3-9)10-4-5-10/h1,6-7,9-10H,2-5H2. The topological polar surface area (TPSA) is 0 Å². The third-order valence-electron chi connectivity index (χ3n) is 3.07. The Morgan fingerprint density at radius 2 is 1.73 bits per heavy atom. The summed E-state index contributed by atoms with van der Waals surface area (Å²) in [5.41, 5.74) is 1.67. The lowest BCUT2D eigenvalue weighted by Crippen LogP contribution is -2.11. The van der Waals surface area contributed by atoms with Crippen LogP contribution in [-0.4, -0.2) is 11.3 Å². The Hall–Kier alpha value is 0.0600. The monoisotopic (exact) mass is 286 g/mol. The van der Waals surface area contributed by atoms with Crippen molar-refractivity contribution in [2.45, 2.75) is 37.0 Å². The zero-order chi connectivity index (χ0) is 10.4. The maximum atomic E-state index is 13.9. The Labute approximate surface area is 99.1 Å². The van der Waals surface area contributed by atoms with Gasteiger partial charge in [-0.1, -0.05) is 29.9 Å². The molecule has 0 amide bonds. The smallest absolute Gasteiger partial charge is 0.132 e. The Bertz CT molecular complexity index is 373. The molecule has 3 heteroatoms. The molecule has 0 atom stereocenters. The average Bonchev–Trinajstić information content (AvgIpc) is 3.02. The van der Waals surface area contributed by atoms with Crippen molar-refractivity contribution in [1.82, 2.24) is 0 Å². The highest BCUT2D eigenvalue weighted by molar-refractivity contribution is 9.10. The Morgan fingerprint density at radius 3 is 2.20 bits per heavy atom. The van der Waals surface area contributed by atoms with Gasteiger partial charge < -0.3 is 0 Å². The van der Waals surface area contributed by atoms with Crippen LogP contribution in [0.4, 0.5) is 4.39 Å². The molecular formula is C12H13BrFP. The molecule has 1 aromatic carbocycles. The average molecular weight is 287 g/mol. The van der Waals surface area contributed by atoms with E-state index in [4.69, 9.17) is 0 Å². The lowest BCUT2D eigenvalue weighted by molar-refractivity contribution is 0.635. The van der Waals surface area contributed by atoms with Crippen LogP contribution in [-0.2, 0) is 0 Å². The second-order valence-electron chi connectivity index (χ2n) is 4.47. The number of benzene rings is 1. The molecule has 80 valence electrons. The van der Waals surface area contributed by atoms with Gasteiger partial charge in [-0.25, -0.2) is 4.39 Å². The molecule has 0 aliphatic heterocycles. The van der Waals surface area contributed by atoms with E-state index in [1.807, 2.05) is 12.1 Å². The summed E-state index contributed by atoms with van der Waals surface area (Å²) in [5, 5.41) is 1.03. The molecule has 0 nitrogen and oxygen atoms in total. The van der Waals surface area contributed by atoms with Gasteiger partial charge in [0.1, 0.15) is 5.82 Å². The van der Waals surface area contributed by atoms with E-state index in [0.717, 1.165) is 21.1 Å². The lowest BCUT2D eigenvalue weighted by Gasteiger charge is -2.17. The minimum Gasteiger partial charge on any atom is -0.206 e. The molecule has 15 heavy (non-hydrogen) atoms. The Morgan fingerprint density at radius 1 is 1.13 bits per heavy atom. The number of hydrogen-bond donors (Lipinski definition) is 0. The van der Waals surface area contributed by atoms with E-state index < -0.39 is 0 Å². The zero-order valence-electron chi connectivity index (χ0n) is 8.42. The van der Waals surface area contributed by atoms with Crippen LogP contribution < -0.4 is 5.30 Å². The van der Waals surface area contributed by atoms with Gasteiger partial charge in [-0.3, -0.25) is 0 Å². The maximum absolute atomic E-state index is 13.9. The van der Waals surface area contributed by atoms with Crippen molar-refractivity contribution in [2.75, 3.05) is 0 Å². The highest BCUT2D eigenvalue weighted by Gasteiger charge is 2.42. The van der Waals surface area contributed by atoms with Gasteiger partial charge in [-0.15, -0.1) is 0 Å². The van der Waals surface area contributed by atoms with Crippen LogP contribution in [0.5, 0.6) is 0 Å². The van der Waals surface area contributed by atoms with Gasteiger partial charge in [-0.05, 0) is 49.1 Å². The van der Waals surface area contributed by atoms with Gasteiger partial charge in [0, 0.05) is 9.78 Å². The van der Waals surface area contributed by atoms with Crippen LogP contribution in [0.15, 0.2) is 22.7 Å². The molecule has 2 saturated carbocycles.